The van der Waals surface area contributed by atoms with Crippen LogP contribution in [0.4, 0.5) is 4.39 Å². The highest BCUT2D eigenvalue weighted by molar-refractivity contribution is 5.85. The Kier molecular flexibility index (Phi) is 3.35. The van der Waals surface area contributed by atoms with Crippen molar-refractivity contribution in [2.45, 2.75) is 13.5 Å². The molecule has 0 saturated carbocycles. The van der Waals surface area contributed by atoms with Crippen molar-refractivity contribution in [2.75, 3.05) is 0 Å². The third-order valence-corrected chi connectivity index (χ3v) is 3.17. The summed E-state index contributed by atoms with van der Waals surface area (Å²) >= 11 is 0. The fourth-order valence-corrected chi connectivity index (χ4v) is 2.11. The number of nitrogens with zero attached hydrogens (tertiary/aromatic N) is 4. The van der Waals surface area contributed by atoms with E-state index in [1.54, 1.807) is 29.2 Å². The zero-order chi connectivity index (χ0) is 14.8. The second-order valence-electron chi connectivity index (χ2n) is 4.56. The predicted molar refractivity (Wildman–Crippen MR) is 75.8 cm³/mol. The number of hydrogen-bond donors (Lipinski definition) is 0. The first kappa shape index (κ1) is 13.2. The van der Waals surface area contributed by atoms with Crippen LogP contribution in [-0.4, -0.2) is 25.8 Å². The average Bonchev–Trinajstić information content (AvgIpc) is 3.13. The third-order valence-electron chi connectivity index (χ3n) is 3.17. The second kappa shape index (κ2) is 5.32. The highest BCUT2D eigenvalue weighted by Crippen LogP contribution is 2.22. The fourth-order valence-electron chi connectivity index (χ4n) is 2.11. The SMILES string of the molecule is CCn1cc(-c2nn(-c3cccc(F)c3)cc2C=O)cn1. The predicted octanol–water partition coefficient (Wildman–Crippen LogP) is 2.71. The van der Waals surface area contributed by atoms with Crippen LogP contribution in [-0.2, 0) is 6.54 Å². The number of aryl methyl sites for hydroxylation is 1. The minimum absolute atomic E-state index is 0.351. The van der Waals surface area contributed by atoms with Gasteiger partial charge >= 0.3 is 0 Å². The van der Waals surface area contributed by atoms with Crippen molar-refractivity contribution in [1.29, 1.82) is 0 Å². The van der Waals surface area contributed by atoms with Crippen molar-refractivity contribution in [3.63, 3.8) is 0 Å². The summed E-state index contributed by atoms with van der Waals surface area (Å²) in [6.45, 7) is 2.71. The molecule has 0 radical (unpaired) electrons. The molecule has 0 saturated heterocycles. The maximum atomic E-state index is 13.3. The average molecular weight is 284 g/mol. The fraction of sp³-hybridized carbons (Fsp3) is 0.133. The van der Waals surface area contributed by atoms with Gasteiger partial charge in [-0.15, -0.1) is 0 Å². The van der Waals surface area contributed by atoms with Crippen LogP contribution >= 0.6 is 0 Å². The summed E-state index contributed by atoms with van der Waals surface area (Å²) in [4.78, 5) is 11.2. The van der Waals surface area contributed by atoms with Crippen LogP contribution < -0.4 is 0 Å². The van der Waals surface area contributed by atoms with Gasteiger partial charge in [-0.05, 0) is 25.1 Å². The Bertz CT molecular complexity index is 791. The lowest BCUT2D eigenvalue weighted by molar-refractivity contribution is 0.112. The summed E-state index contributed by atoms with van der Waals surface area (Å²) in [7, 11) is 0. The summed E-state index contributed by atoms with van der Waals surface area (Å²) in [6.07, 6.45) is 5.81. The molecule has 0 spiro atoms. The van der Waals surface area contributed by atoms with Crippen molar-refractivity contribution >= 4 is 6.29 Å². The zero-order valence-electron chi connectivity index (χ0n) is 11.4. The summed E-state index contributed by atoms with van der Waals surface area (Å²) in [5.74, 6) is -0.351. The van der Waals surface area contributed by atoms with E-state index in [-0.39, 0.29) is 5.82 Å². The molecular formula is C15H13FN4O. The largest absolute Gasteiger partial charge is 0.298 e. The number of benzene rings is 1. The molecule has 0 unspecified atom stereocenters. The normalized spacial score (nSPS) is 10.8. The molecule has 5 nitrogen and oxygen atoms in total. The van der Waals surface area contributed by atoms with E-state index in [2.05, 4.69) is 10.2 Å². The standard InChI is InChI=1S/C15H13FN4O/c1-2-19-8-11(7-17-19)15-12(10-21)9-20(18-15)14-5-3-4-13(16)6-14/h3-10H,2H2,1H3. The van der Waals surface area contributed by atoms with Crippen LogP contribution in [0.1, 0.15) is 17.3 Å². The molecule has 0 bridgehead atoms. The van der Waals surface area contributed by atoms with Crippen molar-refractivity contribution < 1.29 is 9.18 Å². The van der Waals surface area contributed by atoms with E-state index in [4.69, 9.17) is 0 Å². The minimum atomic E-state index is -0.351. The second-order valence-corrected chi connectivity index (χ2v) is 4.56. The van der Waals surface area contributed by atoms with E-state index < -0.39 is 0 Å². The van der Waals surface area contributed by atoms with E-state index in [0.29, 0.717) is 16.9 Å². The quantitative estimate of drug-likeness (QED) is 0.692. The molecule has 0 amide bonds. The number of aromatic nitrogens is 4. The lowest BCUT2D eigenvalue weighted by Crippen LogP contribution is -1.95. The Hall–Kier alpha value is -2.76. The topological polar surface area (TPSA) is 52.7 Å². The van der Waals surface area contributed by atoms with E-state index in [1.165, 1.54) is 16.8 Å². The van der Waals surface area contributed by atoms with Crippen molar-refractivity contribution in [3.05, 3.63) is 54.2 Å². The molecule has 1 aromatic carbocycles. The van der Waals surface area contributed by atoms with Gasteiger partial charge in [0.05, 0.1) is 17.4 Å². The summed E-state index contributed by atoms with van der Waals surface area (Å²) in [5, 5.41) is 8.55. The van der Waals surface area contributed by atoms with Gasteiger partial charge < -0.3 is 0 Å². The molecule has 0 atom stereocenters. The maximum Gasteiger partial charge on any atom is 0.153 e. The molecule has 2 aromatic heterocycles. The Labute approximate surface area is 120 Å². The molecule has 0 N–H and O–H groups in total. The van der Waals surface area contributed by atoms with Gasteiger partial charge in [-0.2, -0.15) is 10.2 Å². The smallest absolute Gasteiger partial charge is 0.153 e. The van der Waals surface area contributed by atoms with E-state index in [0.717, 1.165) is 18.4 Å². The summed E-state index contributed by atoms with van der Waals surface area (Å²) in [5.41, 5.74) is 2.30. The molecule has 106 valence electrons. The van der Waals surface area contributed by atoms with Crippen LogP contribution in [0.15, 0.2) is 42.9 Å². The number of hydrogen-bond acceptors (Lipinski definition) is 3. The van der Waals surface area contributed by atoms with Gasteiger partial charge in [0.1, 0.15) is 11.5 Å². The highest BCUT2D eigenvalue weighted by atomic mass is 19.1. The minimum Gasteiger partial charge on any atom is -0.298 e. The van der Waals surface area contributed by atoms with Crippen LogP contribution in [0.3, 0.4) is 0 Å². The number of carbonyl (C=O) groups excluding carboxylic acids is 1. The molecule has 2 heterocycles. The molecule has 0 aliphatic rings. The molecule has 6 heteroatoms. The van der Waals surface area contributed by atoms with Crippen LogP contribution in [0.2, 0.25) is 0 Å². The molecule has 3 aromatic rings. The van der Waals surface area contributed by atoms with Gasteiger partial charge in [-0.3, -0.25) is 9.48 Å². The summed E-state index contributed by atoms with van der Waals surface area (Å²) in [6, 6.07) is 6.05. The van der Waals surface area contributed by atoms with E-state index in [1.807, 2.05) is 13.1 Å². The van der Waals surface area contributed by atoms with Crippen LogP contribution in [0, 0.1) is 5.82 Å². The van der Waals surface area contributed by atoms with Gasteiger partial charge in [0.25, 0.3) is 0 Å². The van der Waals surface area contributed by atoms with E-state index >= 15 is 0 Å². The monoisotopic (exact) mass is 284 g/mol. The first-order valence-corrected chi connectivity index (χ1v) is 6.55. The van der Waals surface area contributed by atoms with Gasteiger partial charge in [0.2, 0.25) is 0 Å². The van der Waals surface area contributed by atoms with Crippen molar-refractivity contribution in [2.24, 2.45) is 0 Å². The Morgan fingerprint density at radius 1 is 1.33 bits per heavy atom. The molecule has 21 heavy (non-hydrogen) atoms. The maximum absolute atomic E-state index is 13.3. The van der Waals surface area contributed by atoms with Crippen LogP contribution in [0.25, 0.3) is 16.9 Å². The molecule has 0 aliphatic carbocycles. The van der Waals surface area contributed by atoms with E-state index in [9.17, 15) is 9.18 Å². The summed E-state index contributed by atoms with van der Waals surface area (Å²) < 4.78 is 16.5. The zero-order valence-corrected chi connectivity index (χ0v) is 11.4. The Morgan fingerprint density at radius 2 is 2.19 bits per heavy atom. The van der Waals surface area contributed by atoms with Gasteiger partial charge in [-0.1, -0.05) is 6.07 Å². The lowest BCUT2D eigenvalue weighted by Gasteiger charge is -2.00. The first-order valence-electron chi connectivity index (χ1n) is 6.55. The van der Waals surface area contributed by atoms with Crippen molar-refractivity contribution in [1.82, 2.24) is 19.6 Å². The third kappa shape index (κ3) is 2.47. The molecular weight excluding hydrogens is 271 g/mol. The number of carbonyl (C=O) groups is 1. The number of halogens is 1. The van der Waals surface area contributed by atoms with Gasteiger partial charge in [-0.25, -0.2) is 9.07 Å². The van der Waals surface area contributed by atoms with Gasteiger partial charge in [0, 0.05) is 24.5 Å². The Balaban J connectivity index is 2.08. The van der Waals surface area contributed by atoms with Crippen molar-refractivity contribution in [3.8, 4) is 16.9 Å². The van der Waals surface area contributed by atoms with Crippen LogP contribution in [0.5, 0.6) is 0 Å². The molecule has 0 aliphatic heterocycles. The Morgan fingerprint density at radius 3 is 2.86 bits per heavy atom. The number of rotatable bonds is 4. The highest BCUT2D eigenvalue weighted by Gasteiger charge is 2.13. The van der Waals surface area contributed by atoms with Gasteiger partial charge in [0.15, 0.2) is 6.29 Å². The molecule has 0 fully saturated rings. The molecule has 3 rings (SSSR count). The lowest BCUT2D eigenvalue weighted by atomic mass is 10.2. The number of aldehydes is 1. The first-order chi connectivity index (χ1) is 10.2.